The van der Waals surface area contributed by atoms with Crippen LogP contribution in [0.15, 0.2) is 24.4 Å². The fourth-order valence-electron chi connectivity index (χ4n) is 6.81. The van der Waals surface area contributed by atoms with E-state index in [9.17, 15) is 9.90 Å². The van der Waals surface area contributed by atoms with Gasteiger partial charge in [-0.1, -0.05) is 0 Å². The molecule has 2 aromatic rings. The number of nitrogens with zero attached hydrogens (tertiary/aromatic N) is 2. The lowest BCUT2D eigenvalue weighted by molar-refractivity contribution is -0.127. The lowest BCUT2D eigenvalue weighted by atomic mass is 9.51. The quantitative estimate of drug-likeness (QED) is 0.469. The fourth-order valence-corrected chi connectivity index (χ4v) is 6.81. The summed E-state index contributed by atoms with van der Waals surface area (Å²) >= 11 is 0. The van der Waals surface area contributed by atoms with Gasteiger partial charge in [-0.3, -0.25) is 4.79 Å². The number of anilines is 4. The van der Waals surface area contributed by atoms with Gasteiger partial charge in [0.15, 0.2) is 0 Å². The molecule has 1 amide bonds. The van der Waals surface area contributed by atoms with Crippen molar-refractivity contribution in [2.75, 3.05) is 29.1 Å². The van der Waals surface area contributed by atoms with Crippen molar-refractivity contribution in [2.45, 2.75) is 56.1 Å². The number of hydrogen-bond acceptors (Lipinski definition) is 8. The summed E-state index contributed by atoms with van der Waals surface area (Å²) in [5.74, 6) is 2.08. The molecule has 174 valence electrons. The molecule has 0 radical (unpaired) electrons. The van der Waals surface area contributed by atoms with Crippen LogP contribution < -0.4 is 26.4 Å². The minimum Gasteiger partial charge on any atom is -0.491 e. The second-order valence-electron chi connectivity index (χ2n) is 10.4. The molecule has 2 atom stereocenters. The zero-order valence-corrected chi connectivity index (χ0v) is 18.6. The first-order chi connectivity index (χ1) is 15.9. The van der Waals surface area contributed by atoms with Crippen LogP contribution in [0.4, 0.5) is 23.1 Å². The van der Waals surface area contributed by atoms with Crippen molar-refractivity contribution in [3.05, 3.63) is 30.0 Å². The van der Waals surface area contributed by atoms with Crippen LogP contribution in [0, 0.1) is 11.8 Å². The van der Waals surface area contributed by atoms with Gasteiger partial charge in [0.2, 0.25) is 5.95 Å². The molecule has 4 fully saturated rings. The van der Waals surface area contributed by atoms with Crippen LogP contribution >= 0.6 is 0 Å². The minimum absolute atomic E-state index is 0.264. The normalized spacial score (nSPS) is 31.7. The minimum atomic E-state index is -0.616. The van der Waals surface area contributed by atoms with Crippen LogP contribution in [0.5, 0.6) is 5.75 Å². The highest BCUT2D eigenvalue weighted by molar-refractivity contribution is 5.97. The first-order valence-electron chi connectivity index (χ1n) is 11.8. The van der Waals surface area contributed by atoms with Crippen molar-refractivity contribution in [3.8, 4) is 5.75 Å². The van der Waals surface area contributed by atoms with Crippen molar-refractivity contribution in [2.24, 2.45) is 17.6 Å². The number of nitrogens with one attached hydrogen (secondary N) is 3. The Kier molecular flexibility index (Phi) is 4.65. The number of amides is 1. The number of primary amides is 1. The first kappa shape index (κ1) is 20.5. The lowest BCUT2D eigenvalue weighted by Crippen LogP contribution is -2.62. The average Bonchev–Trinajstić information content (AvgIpc) is 2.96. The van der Waals surface area contributed by atoms with Crippen molar-refractivity contribution < 1.29 is 14.6 Å². The molecule has 1 aliphatic heterocycles. The topological polar surface area (TPSA) is 134 Å². The van der Waals surface area contributed by atoms with Crippen LogP contribution in [-0.2, 0) is 0 Å². The summed E-state index contributed by atoms with van der Waals surface area (Å²) in [6.07, 6.45) is 7.99. The van der Waals surface area contributed by atoms with E-state index in [4.69, 9.17) is 10.5 Å². The summed E-state index contributed by atoms with van der Waals surface area (Å²) in [5, 5.41) is 21.3. The molecule has 1 aromatic carbocycles. The second-order valence-corrected chi connectivity index (χ2v) is 10.4. The predicted octanol–water partition coefficient (Wildman–Crippen LogP) is 3.01. The van der Waals surface area contributed by atoms with Crippen molar-refractivity contribution >= 4 is 29.0 Å². The summed E-state index contributed by atoms with van der Waals surface area (Å²) in [6, 6.07) is 5.80. The van der Waals surface area contributed by atoms with Crippen molar-refractivity contribution in [1.29, 1.82) is 0 Å². The molecule has 0 saturated heterocycles. The second kappa shape index (κ2) is 7.48. The highest BCUT2D eigenvalue weighted by Gasteiger charge is 2.57. The third-order valence-corrected chi connectivity index (χ3v) is 7.60. The molecule has 0 spiro atoms. The van der Waals surface area contributed by atoms with Crippen molar-refractivity contribution in [3.63, 3.8) is 0 Å². The average molecular weight is 451 g/mol. The maximum atomic E-state index is 12.1. The predicted molar refractivity (Wildman–Crippen MR) is 125 cm³/mol. The summed E-state index contributed by atoms with van der Waals surface area (Å²) < 4.78 is 5.75. The third-order valence-electron chi connectivity index (χ3n) is 7.60. The Labute approximate surface area is 192 Å². The summed E-state index contributed by atoms with van der Waals surface area (Å²) in [6.45, 7) is 1.54. The van der Waals surface area contributed by atoms with Crippen LogP contribution in [-0.4, -0.2) is 45.3 Å². The summed E-state index contributed by atoms with van der Waals surface area (Å²) in [4.78, 5) is 21.1. The Morgan fingerprint density at radius 1 is 1.24 bits per heavy atom. The highest BCUT2D eigenvalue weighted by atomic mass is 16.5. The molecule has 1 aromatic heterocycles. The van der Waals surface area contributed by atoms with E-state index in [1.165, 1.54) is 12.6 Å². The van der Waals surface area contributed by atoms with Gasteiger partial charge in [-0.2, -0.15) is 4.98 Å². The van der Waals surface area contributed by atoms with E-state index in [0.29, 0.717) is 36.6 Å². The van der Waals surface area contributed by atoms with Gasteiger partial charge in [0.05, 0.1) is 23.5 Å². The molecular formula is C24H30N6O3. The zero-order chi connectivity index (χ0) is 22.6. The van der Waals surface area contributed by atoms with E-state index in [1.807, 2.05) is 18.2 Å². The maximum Gasteiger partial charge on any atom is 0.254 e. The third kappa shape index (κ3) is 3.84. The Bertz CT molecular complexity index is 1090. The van der Waals surface area contributed by atoms with Crippen LogP contribution in [0.25, 0.3) is 0 Å². The first-order valence-corrected chi connectivity index (χ1v) is 11.8. The molecule has 9 heteroatoms. The number of carbonyl (C=O) groups excluding carboxylic acids is 1. The molecule has 4 saturated carbocycles. The number of carbonyl (C=O) groups is 1. The Balaban J connectivity index is 1.28. The number of aromatic nitrogens is 2. The van der Waals surface area contributed by atoms with Gasteiger partial charge in [0.25, 0.3) is 5.91 Å². The van der Waals surface area contributed by atoms with E-state index in [2.05, 4.69) is 25.9 Å². The zero-order valence-electron chi connectivity index (χ0n) is 18.6. The van der Waals surface area contributed by atoms with E-state index in [1.54, 1.807) is 0 Å². The van der Waals surface area contributed by atoms with Crippen LogP contribution in [0.2, 0.25) is 0 Å². The molecule has 33 heavy (non-hydrogen) atoms. The number of aliphatic hydroxyl groups is 1. The van der Waals surface area contributed by atoms with Crippen LogP contribution in [0.1, 0.15) is 55.3 Å². The largest absolute Gasteiger partial charge is 0.491 e. The lowest BCUT2D eigenvalue weighted by Gasteiger charge is -2.60. The molecule has 2 heterocycles. The molecule has 7 rings (SSSR count). The van der Waals surface area contributed by atoms with Gasteiger partial charge in [0, 0.05) is 24.0 Å². The molecular weight excluding hydrogens is 420 g/mol. The number of fused-ring (bicyclic) bond motifs is 1. The molecule has 5 aliphatic rings. The van der Waals surface area contributed by atoms with Gasteiger partial charge in [-0.05, 0) is 75.0 Å². The summed E-state index contributed by atoms with van der Waals surface area (Å²) in [7, 11) is 0. The number of rotatable bonds is 5. The number of ether oxygens (including phenoxy) is 1. The van der Waals surface area contributed by atoms with Gasteiger partial charge in [0.1, 0.15) is 11.6 Å². The summed E-state index contributed by atoms with van der Waals surface area (Å²) in [5.41, 5.74) is 6.77. The molecule has 2 unspecified atom stereocenters. The Morgan fingerprint density at radius 3 is 2.82 bits per heavy atom. The molecule has 4 aliphatic carbocycles. The van der Waals surface area contributed by atoms with E-state index >= 15 is 0 Å². The van der Waals surface area contributed by atoms with Gasteiger partial charge < -0.3 is 31.5 Å². The highest BCUT2D eigenvalue weighted by Crippen LogP contribution is 2.58. The molecule has 9 nitrogen and oxygen atoms in total. The van der Waals surface area contributed by atoms with E-state index < -0.39 is 11.5 Å². The number of hydrogen-bond donors (Lipinski definition) is 5. The van der Waals surface area contributed by atoms with Gasteiger partial charge >= 0.3 is 0 Å². The SMILES string of the molecule is NC(=O)c1cnc(Nc2ccc3c(c2)NCCCO3)nc1NC12CC3CC(CC(O)(C3)C1)C2. The Hall–Kier alpha value is -3.07. The maximum absolute atomic E-state index is 12.1. The smallest absolute Gasteiger partial charge is 0.254 e. The van der Waals surface area contributed by atoms with Crippen LogP contribution in [0.3, 0.4) is 0 Å². The monoisotopic (exact) mass is 450 g/mol. The molecule has 6 N–H and O–H groups in total. The van der Waals surface area contributed by atoms with E-state index in [0.717, 1.165) is 55.8 Å². The number of benzene rings is 1. The Morgan fingerprint density at radius 2 is 2.06 bits per heavy atom. The van der Waals surface area contributed by atoms with Crippen molar-refractivity contribution in [1.82, 2.24) is 9.97 Å². The van der Waals surface area contributed by atoms with Gasteiger partial charge in [-0.25, -0.2) is 4.98 Å². The van der Waals surface area contributed by atoms with Gasteiger partial charge in [-0.15, -0.1) is 0 Å². The van der Waals surface area contributed by atoms with E-state index in [-0.39, 0.29) is 11.1 Å². The number of nitrogens with two attached hydrogens (primary N) is 1. The fraction of sp³-hybridized carbons (Fsp3) is 0.542. The molecule has 4 bridgehead atoms. The standard InChI is InChI=1S/C24H30N6O3/c25-20(31)17-12-27-22(28-16-2-3-19-18(7-16)26-4-1-5-33-19)29-21(17)30-23-8-14-6-15(9-23)11-24(32,10-14)13-23/h2-3,7,12,14-15,26,32H,1,4-6,8-11,13H2,(H2,25,31)(H2,27,28,29,30).